The third-order valence-corrected chi connectivity index (χ3v) is 4.65. The number of amides is 2. The molecule has 134 valence electrons. The minimum absolute atomic E-state index is 0.0191. The van der Waals surface area contributed by atoms with Gasteiger partial charge < -0.3 is 10.6 Å². The normalized spacial score (nSPS) is 14.0. The van der Waals surface area contributed by atoms with E-state index in [1.807, 2.05) is 0 Å². The largest absolute Gasteiger partial charge is 0.349 e. The van der Waals surface area contributed by atoms with Crippen molar-refractivity contribution in [2.75, 3.05) is 5.32 Å². The van der Waals surface area contributed by atoms with Gasteiger partial charge in [-0.1, -0.05) is 12.8 Å². The van der Waals surface area contributed by atoms with Crippen LogP contribution in [0.2, 0.25) is 0 Å². The quantitative estimate of drug-likeness (QED) is 0.805. The van der Waals surface area contributed by atoms with Crippen LogP contribution >= 0.6 is 0 Å². The molecule has 2 aromatic carbocycles. The number of anilines is 1. The molecule has 0 spiro atoms. The van der Waals surface area contributed by atoms with E-state index in [-0.39, 0.29) is 23.6 Å². The summed E-state index contributed by atoms with van der Waals surface area (Å²) < 4.78 is 0. The zero-order chi connectivity index (χ0) is 18.5. The molecule has 0 radical (unpaired) electrons. The molecule has 1 aliphatic carbocycles. The van der Waals surface area contributed by atoms with Gasteiger partial charge in [0.1, 0.15) is 0 Å². The van der Waals surface area contributed by atoms with Crippen LogP contribution in [0, 0.1) is 0 Å². The molecule has 1 fully saturated rings. The summed E-state index contributed by atoms with van der Waals surface area (Å²) in [6.45, 7) is 1.50. The second kappa shape index (κ2) is 7.95. The first kappa shape index (κ1) is 17.9. The molecule has 5 nitrogen and oxygen atoms in total. The highest BCUT2D eigenvalue weighted by Gasteiger charge is 2.18. The van der Waals surface area contributed by atoms with Gasteiger partial charge in [0.25, 0.3) is 11.8 Å². The van der Waals surface area contributed by atoms with Crippen LogP contribution in [0.5, 0.6) is 0 Å². The number of hydrogen-bond donors (Lipinski definition) is 2. The SMILES string of the molecule is CC(=O)c1ccc(NC(=O)c2ccc(C(=O)NC3CCCC3)cc2)cc1. The molecule has 0 aliphatic heterocycles. The molecule has 26 heavy (non-hydrogen) atoms. The zero-order valence-electron chi connectivity index (χ0n) is 14.7. The predicted molar refractivity (Wildman–Crippen MR) is 101 cm³/mol. The Morgan fingerprint density at radius 3 is 1.81 bits per heavy atom. The molecule has 1 saturated carbocycles. The molecule has 0 aromatic heterocycles. The highest BCUT2D eigenvalue weighted by atomic mass is 16.2. The summed E-state index contributed by atoms with van der Waals surface area (Å²) >= 11 is 0. The van der Waals surface area contributed by atoms with Crippen molar-refractivity contribution in [1.82, 2.24) is 5.32 Å². The van der Waals surface area contributed by atoms with Crippen LogP contribution in [0.15, 0.2) is 48.5 Å². The maximum atomic E-state index is 12.3. The van der Waals surface area contributed by atoms with Gasteiger partial charge in [-0.05, 0) is 68.3 Å². The van der Waals surface area contributed by atoms with Crippen molar-refractivity contribution in [3.05, 3.63) is 65.2 Å². The average molecular weight is 350 g/mol. The van der Waals surface area contributed by atoms with Crippen LogP contribution in [0.3, 0.4) is 0 Å². The molecule has 2 amide bonds. The van der Waals surface area contributed by atoms with Crippen molar-refractivity contribution in [2.45, 2.75) is 38.6 Å². The van der Waals surface area contributed by atoms with E-state index < -0.39 is 0 Å². The smallest absolute Gasteiger partial charge is 0.255 e. The van der Waals surface area contributed by atoms with Gasteiger partial charge in [0.2, 0.25) is 0 Å². The standard InChI is InChI=1S/C21H22N2O3/c1-14(24)15-10-12-19(13-11-15)23-21(26)17-8-6-16(7-9-17)20(25)22-18-4-2-3-5-18/h6-13,18H,2-5H2,1H3,(H,22,25)(H,23,26). The predicted octanol–water partition coefficient (Wildman–Crippen LogP) is 3.81. The number of benzene rings is 2. The second-order valence-corrected chi connectivity index (χ2v) is 6.62. The van der Waals surface area contributed by atoms with E-state index in [1.54, 1.807) is 48.5 Å². The van der Waals surface area contributed by atoms with E-state index in [1.165, 1.54) is 6.92 Å². The molecule has 0 unspecified atom stereocenters. The minimum Gasteiger partial charge on any atom is -0.349 e. The van der Waals surface area contributed by atoms with Gasteiger partial charge in [0.05, 0.1) is 0 Å². The van der Waals surface area contributed by atoms with Crippen molar-refractivity contribution in [3.63, 3.8) is 0 Å². The lowest BCUT2D eigenvalue weighted by atomic mass is 10.1. The summed E-state index contributed by atoms with van der Waals surface area (Å²) in [5.74, 6) is -0.374. The summed E-state index contributed by atoms with van der Waals surface area (Å²) in [5, 5.41) is 5.81. The van der Waals surface area contributed by atoms with E-state index in [0.29, 0.717) is 22.4 Å². The van der Waals surface area contributed by atoms with E-state index in [9.17, 15) is 14.4 Å². The summed E-state index contributed by atoms with van der Waals surface area (Å²) in [4.78, 5) is 35.8. The number of carbonyl (C=O) groups excluding carboxylic acids is 3. The lowest BCUT2D eigenvalue weighted by molar-refractivity contribution is 0.0935. The monoisotopic (exact) mass is 350 g/mol. The Hall–Kier alpha value is -2.95. The number of rotatable bonds is 5. The van der Waals surface area contributed by atoms with Crippen molar-refractivity contribution in [2.24, 2.45) is 0 Å². The number of carbonyl (C=O) groups is 3. The number of ketones is 1. The van der Waals surface area contributed by atoms with Crippen LogP contribution in [0.25, 0.3) is 0 Å². The van der Waals surface area contributed by atoms with Crippen LogP contribution in [0.1, 0.15) is 63.7 Å². The van der Waals surface area contributed by atoms with Gasteiger partial charge >= 0.3 is 0 Å². The Morgan fingerprint density at radius 2 is 1.27 bits per heavy atom. The average Bonchev–Trinajstić information content (AvgIpc) is 3.15. The van der Waals surface area contributed by atoms with Crippen LogP contribution in [-0.4, -0.2) is 23.6 Å². The highest BCUT2D eigenvalue weighted by Crippen LogP contribution is 2.18. The van der Waals surface area contributed by atoms with Gasteiger partial charge in [0.15, 0.2) is 5.78 Å². The molecule has 2 aromatic rings. The van der Waals surface area contributed by atoms with Crippen molar-refractivity contribution >= 4 is 23.3 Å². The first-order valence-electron chi connectivity index (χ1n) is 8.86. The Kier molecular flexibility index (Phi) is 5.46. The van der Waals surface area contributed by atoms with E-state index in [0.717, 1.165) is 25.7 Å². The lowest BCUT2D eigenvalue weighted by Gasteiger charge is -2.12. The number of hydrogen-bond acceptors (Lipinski definition) is 3. The fourth-order valence-electron chi connectivity index (χ4n) is 3.10. The van der Waals surface area contributed by atoms with Crippen molar-refractivity contribution in [1.29, 1.82) is 0 Å². The van der Waals surface area contributed by atoms with Crippen LogP contribution in [0.4, 0.5) is 5.69 Å². The molecule has 0 heterocycles. The third kappa shape index (κ3) is 4.36. The fraction of sp³-hybridized carbons (Fsp3) is 0.286. The van der Waals surface area contributed by atoms with E-state index >= 15 is 0 Å². The molecule has 0 atom stereocenters. The van der Waals surface area contributed by atoms with Crippen molar-refractivity contribution in [3.8, 4) is 0 Å². The number of Topliss-reactive ketones (excluding diaryl/α,β-unsaturated/α-hetero) is 1. The van der Waals surface area contributed by atoms with Gasteiger partial charge in [-0.25, -0.2) is 0 Å². The summed E-state index contributed by atoms with van der Waals surface area (Å²) in [5.41, 5.74) is 2.24. The highest BCUT2D eigenvalue weighted by molar-refractivity contribution is 6.05. The van der Waals surface area contributed by atoms with Gasteiger partial charge in [0, 0.05) is 28.4 Å². The molecule has 5 heteroatoms. The maximum absolute atomic E-state index is 12.3. The third-order valence-electron chi connectivity index (χ3n) is 4.65. The van der Waals surface area contributed by atoms with Crippen LogP contribution in [-0.2, 0) is 0 Å². The van der Waals surface area contributed by atoms with Gasteiger partial charge in [-0.15, -0.1) is 0 Å². The van der Waals surface area contributed by atoms with E-state index in [2.05, 4.69) is 10.6 Å². The Bertz CT molecular complexity index is 804. The van der Waals surface area contributed by atoms with Gasteiger partial charge in [-0.2, -0.15) is 0 Å². The zero-order valence-corrected chi connectivity index (χ0v) is 14.7. The molecule has 2 N–H and O–H groups in total. The first-order chi connectivity index (χ1) is 12.5. The summed E-state index contributed by atoms with van der Waals surface area (Å²) in [7, 11) is 0. The fourth-order valence-corrected chi connectivity index (χ4v) is 3.10. The number of nitrogens with one attached hydrogen (secondary N) is 2. The molecule has 0 saturated heterocycles. The summed E-state index contributed by atoms with van der Waals surface area (Å²) in [6.07, 6.45) is 4.40. The Labute approximate surface area is 152 Å². The molecule has 0 bridgehead atoms. The molecule has 3 rings (SSSR count). The first-order valence-corrected chi connectivity index (χ1v) is 8.86. The minimum atomic E-state index is -0.261. The molecule has 1 aliphatic rings. The lowest BCUT2D eigenvalue weighted by Crippen LogP contribution is -2.32. The van der Waals surface area contributed by atoms with Crippen molar-refractivity contribution < 1.29 is 14.4 Å². The van der Waals surface area contributed by atoms with Crippen LogP contribution < -0.4 is 10.6 Å². The van der Waals surface area contributed by atoms with Gasteiger partial charge in [-0.3, -0.25) is 14.4 Å². The Morgan fingerprint density at radius 1 is 0.769 bits per heavy atom. The molecular weight excluding hydrogens is 328 g/mol. The molecular formula is C21H22N2O3. The second-order valence-electron chi connectivity index (χ2n) is 6.62. The maximum Gasteiger partial charge on any atom is 0.255 e. The topological polar surface area (TPSA) is 75.3 Å². The van der Waals surface area contributed by atoms with E-state index in [4.69, 9.17) is 0 Å². The Balaban J connectivity index is 1.61. The summed E-state index contributed by atoms with van der Waals surface area (Å²) in [6, 6.07) is 13.6.